The Morgan fingerprint density at radius 3 is 2.54 bits per heavy atom. The van der Waals surface area contributed by atoms with E-state index in [1.54, 1.807) is 0 Å². The third-order valence-electron chi connectivity index (χ3n) is 3.91. The molecule has 13 heavy (non-hydrogen) atoms. The monoisotopic (exact) mass is 180 g/mol. The highest BCUT2D eigenvalue weighted by Gasteiger charge is 2.39. The van der Waals surface area contributed by atoms with Gasteiger partial charge in [0.05, 0.1) is 5.60 Å². The maximum Gasteiger partial charge on any atom is 0.0856 e. The van der Waals surface area contributed by atoms with Gasteiger partial charge in [0.2, 0.25) is 0 Å². The molecule has 1 heteroatoms. The Bertz CT molecular complexity index is 205. The summed E-state index contributed by atoms with van der Waals surface area (Å²) in [5, 5.41) is 10.3. The third kappa shape index (κ3) is 1.67. The standard InChI is InChI=1S/C12H20O/c1-2-10-6-8-12(13,9-7-10)11-4-3-5-11/h6,8,10-11,13H,2-5,7,9H2,1H3. The highest BCUT2D eigenvalue weighted by molar-refractivity contribution is 5.11. The van der Waals surface area contributed by atoms with Gasteiger partial charge < -0.3 is 5.11 Å². The molecule has 2 unspecified atom stereocenters. The summed E-state index contributed by atoms with van der Waals surface area (Å²) in [6.07, 6.45) is 11.5. The first-order valence-corrected chi connectivity index (χ1v) is 5.66. The highest BCUT2D eigenvalue weighted by Crippen LogP contribution is 2.42. The maximum atomic E-state index is 10.3. The highest BCUT2D eigenvalue weighted by atomic mass is 16.3. The molecule has 0 aromatic rings. The normalized spacial score (nSPS) is 40.3. The van der Waals surface area contributed by atoms with Gasteiger partial charge in [-0.05, 0) is 43.9 Å². The van der Waals surface area contributed by atoms with E-state index >= 15 is 0 Å². The van der Waals surface area contributed by atoms with Gasteiger partial charge in [-0.1, -0.05) is 25.5 Å². The lowest BCUT2D eigenvalue weighted by Crippen LogP contribution is -2.41. The van der Waals surface area contributed by atoms with Gasteiger partial charge >= 0.3 is 0 Å². The third-order valence-corrected chi connectivity index (χ3v) is 3.91. The molecule has 0 spiro atoms. The minimum absolute atomic E-state index is 0.427. The Kier molecular flexibility index (Phi) is 2.46. The molecular formula is C12H20O. The van der Waals surface area contributed by atoms with Crippen molar-refractivity contribution in [3.63, 3.8) is 0 Å². The fraction of sp³-hybridized carbons (Fsp3) is 0.833. The second-order valence-corrected chi connectivity index (χ2v) is 4.69. The summed E-state index contributed by atoms with van der Waals surface area (Å²) < 4.78 is 0. The van der Waals surface area contributed by atoms with E-state index in [2.05, 4.69) is 19.1 Å². The molecule has 0 radical (unpaired) electrons. The second-order valence-electron chi connectivity index (χ2n) is 4.69. The van der Waals surface area contributed by atoms with Gasteiger partial charge in [0.1, 0.15) is 0 Å². The summed E-state index contributed by atoms with van der Waals surface area (Å²) in [5.74, 6) is 1.29. The molecule has 1 nitrogen and oxygen atoms in total. The predicted molar refractivity (Wildman–Crippen MR) is 54.4 cm³/mol. The fourth-order valence-corrected chi connectivity index (χ4v) is 2.49. The molecule has 2 rings (SSSR count). The number of allylic oxidation sites excluding steroid dienone is 1. The smallest absolute Gasteiger partial charge is 0.0856 e. The maximum absolute atomic E-state index is 10.3. The van der Waals surface area contributed by atoms with Gasteiger partial charge in [0.25, 0.3) is 0 Å². The van der Waals surface area contributed by atoms with Crippen molar-refractivity contribution >= 4 is 0 Å². The van der Waals surface area contributed by atoms with Crippen molar-refractivity contribution in [1.82, 2.24) is 0 Å². The summed E-state index contributed by atoms with van der Waals surface area (Å²) in [6.45, 7) is 2.22. The van der Waals surface area contributed by atoms with Crippen molar-refractivity contribution in [1.29, 1.82) is 0 Å². The average Bonchev–Trinajstić information content (AvgIpc) is 2.02. The largest absolute Gasteiger partial charge is 0.386 e. The van der Waals surface area contributed by atoms with Crippen molar-refractivity contribution in [3.05, 3.63) is 12.2 Å². The predicted octanol–water partition coefficient (Wildman–Crippen LogP) is 2.89. The van der Waals surface area contributed by atoms with Crippen molar-refractivity contribution in [2.75, 3.05) is 0 Å². The van der Waals surface area contributed by atoms with E-state index in [4.69, 9.17) is 0 Å². The average molecular weight is 180 g/mol. The number of rotatable bonds is 2. The van der Waals surface area contributed by atoms with Crippen LogP contribution in [0.5, 0.6) is 0 Å². The van der Waals surface area contributed by atoms with Gasteiger partial charge in [0, 0.05) is 0 Å². The second kappa shape index (κ2) is 3.45. The Morgan fingerprint density at radius 1 is 1.38 bits per heavy atom. The van der Waals surface area contributed by atoms with Gasteiger partial charge in [0.15, 0.2) is 0 Å². The summed E-state index contributed by atoms with van der Waals surface area (Å²) in [5.41, 5.74) is -0.427. The molecule has 74 valence electrons. The van der Waals surface area contributed by atoms with E-state index in [1.165, 1.54) is 32.1 Å². The Balaban J connectivity index is 2.00. The van der Waals surface area contributed by atoms with E-state index in [9.17, 15) is 5.11 Å². The SMILES string of the molecule is CCC1C=CC(O)(C2CCC2)CC1. The molecule has 0 saturated heterocycles. The van der Waals surface area contributed by atoms with Crippen LogP contribution >= 0.6 is 0 Å². The molecule has 0 amide bonds. The lowest BCUT2D eigenvalue weighted by atomic mass is 9.68. The molecule has 0 bridgehead atoms. The quantitative estimate of drug-likeness (QED) is 0.648. The molecule has 1 saturated carbocycles. The minimum Gasteiger partial charge on any atom is -0.386 e. The van der Waals surface area contributed by atoms with Crippen LogP contribution in [0.1, 0.15) is 45.4 Å². The molecule has 1 N–H and O–H groups in total. The van der Waals surface area contributed by atoms with E-state index in [1.807, 2.05) is 0 Å². The van der Waals surface area contributed by atoms with E-state index in [0.29, 0.717) is 5.92 Å². The molecule has 0 aromatic heterocycles. The lowest BCUT2D eigenvalue weighted by molar-refractivity contribution is -0.0236. The Morgan fingerprint density at radius 2 is 2.15 bits per heavy atom. The first-order valence-electron chi connectivity index (χ1n) is 5.66. The van der Waals surface area contributed by atoms with Gasteiger partial charge in [-0.3, -0.25) is 0 Å². The van der Waals surface area contributed by atoms with Crippen LogP contribution in [0.4, 0.5) is 0 Å². The first-order chi connectivity index (χ1) is 6.24. The molecule has 0 heterocycles. The van der Waals surface area contributed by atoms with Crippen LogP contribution in [0.2, 0.25) is 0 Å². The zero-order valence-corrected chi connectivity index (χ0v) is 8.50. The Hall–Kier alpha value is -0.300. The van der Waals surface area contributed by atoms with Crippen LogP contribution in [-0.2, 0) is 0 Å². The van der Waals surface area contributed by atoms with E-state index in [0.717, 1.165) is 12.3 Å². The first kappa shape index (κ1) is 9.26. The fourth-order valence-electron chi connectivity index (χ4n) is 2.49. The molecular weight excluding hydrogens is 160 g/mol. The number of aliphatic hydroxyl groups is 1. The van der Waals surface area contributed by atoms with Crippen molar-refractivity contribution in [2.45, 2.75) is 51.0 Å². The number of hydrogen-bond acceptors (Lipinski definition) is 1. The van der Waals surface area contributed by atoms with Gasteiger partial charge in [-0.15, -0.1) is 0 Å². The van der Waals surface area contributed by atoms with Crippen LogP contribution in [0.15, 0.2) is 12.2 Å². The van der Waals surface area contributed by atoms with E-state index in [-0.39, 0.29) is 0 Å². The van der Waals surface area contributed by atoms with Crippen LogP contribution in [0.25, 0.3) is 0 Å². The molecule has 2 aliphatic rings. The summed E-state index contributed by atoms with van der Waals surface area (Å²) >= 11 is 0. The minimum atomic E-state index is -0.427. The number of hydrogen-bond donors (Lipinski definition) is 1. The molecule has 2 atom stereocenters. The Labute approximate surface area is 80.8 Å². The summed E-state index contributed by atoms with van der Waals surface area (Å²) in [4.78, 5) is 0. The zero-order chi connectivity index (χ0) is 9.31. The van der Waals surface area contributed by atoms with Crippen LogP contribution in [0, 0.1) is 11.8 Å². The van der Waals surface area contributed by atoms with Gasteiger partial charge in [-0.2, -0.15) is 0 Å². The zero-order valence-electron chi connectivity index (χ0n) is 8.50. The van der Waals surface area contributed by atoms with Crippen molar-refractivity contribution in [3.8, 4) is 0 Å². The molecule has 0 aromatic carbocycles. The summed E-state index contributed by atoms with van der Waals surface area (Å²) in [6, 6.07) is 0. The molecule has 1 fully saturated rings. The van der Waals surface area contributed by atoms with Crippen molar-refractivity contribution in [2.24, 2.45) is 11.8 Å². The molecule has 0 aliphatic heterocycles. The van der Waals surface area contributed by atoms with Gasteiger partial charge in [-0.25, -0.2) is 0 Å². The molecule has 2 aliphatic carbocycles. The van der Waals surface area contributed by atoms with Crippen LogP contribution in [0.3, 0.4) is 0 Å². The van der Waals surface area contributed by atoms with E-state index < -0.39 is 5.60 Å². The van der Waals surface area contributed by atoms with Crippen LogP contribution < -0.4 is 0 Å². The topological polar surface area (TPSA) is 20.2 Å². The van der Waals surface area contributed by atoms with Crippen LogP contribution in [-0.4, -0.2) is 10.7 Å². The summed E-state index contributed by atoms with van der Waals surface area (Å²) in [7, 11) is 0. The lowest BCUT2D eigenvalue weighted by Gasteiger charge is -2.42. The van der Waals surface area contributed by atoms with Crippen molar-refractivity contribution < 1.29 is 5.11 Å².